The van der Waals surface area contributed by atoms with E-state index in [1.165, 1.54) is 65.2 Å². The van der Waals surface area contributed by atoms with Gasteiger partial charge in [-0.15, -0.1) is 0 Å². The van der Waals surface area contributed by atoms with Crippen molar-refractivity contribution in [2.24, 2.45) is 0 Å². The number of hydrogen-bond acceptors (Lipinski definition) is 5. The maximum atomic E-state index is 7.65. The van der Waals surface area contributed by atoms with Crippen molar-refractivity contribution < 1.29 is 4.74 Å². The number of para-hydroxylation sites is 2. The van der Waals surface area contributed by atoms with Crippen molar-refractivity contribution in [2.75, 3.05) is 52.4 Å². The maximum Gasteiger partial charge on any atom is 0.139 e. The lowest BCUT2D eigenvalue weighted by Crippen LogP contribution is -2.33. The minimum atomic E-state index is -0.967. The molecule has 0 radical (unpaired) electrons. The molecule has 6 aromatic carbocycles. The Morgan fingerprint density at radius 1 is 0.348 bits per heavy atom. The van der Waals surface area contributed by atoms with Crippen molar-refractivity contribution in [3.05, 3.63) is 167 Å². The zero-order chi connectivity index (χ0) is 46.8. The Balaban J connectivity index is 1.36. The third kappa shape index (κ3) is 11.2. The molecule has 66 heavy (non-hydrogen) atoms. The molecule has 0 spiro atoms. The van der Waals surface area contributed by atoms with Crippen LogP contribution >= 0.6 is 15.8 Å². The van der Waals surface area contributed by atoms with Crippen LogP contribution in [-0.2, 0) is 31.6 Å². The molecule has 7 heteroatoms. The molecule has 0 unspecified atom stereocenters. The molecule has 1 heterocycles. The molecule has 5 nitrogen and oxygen atoms in total. The van der Waals surface area contributed by atoms with Gasteiger partial charge in [0.2, 0.25) is 0 Å². The Morgan fingerprint density at radius 2 is 0.591 bits per heavy atom. The van der Waals surface area contributed by atoms with Crippen LogP contribution in [0.25, 0.3) is 0 Å². The molecule has 0 bridgehead atoms. The van der Waals surface area contributed by atoms with Gasteiger partial charge < -0.3 is 4.74 Å². The molecule has 0 atom stereocenters. The van der Waals surface area contributed by atoms with Crippen LogP contribution in [-0.4, -0.2) is 72.0 Å². The average Bonchev–Trinajstić information content (AvgIpc) is 3.35. The second-order valence-corrected chi connectivity index (χ2v) is 22.6. The van der Waals surface area contributed by atoms with Gasteiger partial charge in [0.15, 0.2) is 0 Å². The SMILES string of the molecule is CCN(CC)Cc1ccc(P(c2ccc(CN(CC)CC)cc2)c2cccc3c2Oc2c(P(c4ccc(CN(CC)CC)cc4)c4ccc(CN(CC)CC)cc4)cccc2C3(C)C)cc1. The molecule has 6 aromatic rings. The predicted molar refractivity (Wildman–Crippen MR) is 289 cm³/mol. The first-order valence-electron chi connectivity index (χ1n) is 24.9. The molecule has 0 saturated carbocycles. The van der Waals surface area contributed by atoms with Gasteiger partial charge in [-0.3, -0.25) is 19.6 Å². The van der Waals surface area contributed by atoms with Gasteiger partial charge in [0.1, 0.15) is 11.5 Å². The van der Waals surface area contributed by atoms with E-state index in [2.05, 4.69) is 222 Å². The van der Waals surface area contributed by atoms with E-state index in [0.29, 0.717) is 0 Å². The lowest BCUT2D eigenvalue weighted by molar-refractivity contribution is 0.296. The maximum absolute atomic E-state index is 7.65. The zero-order valence-corrected chi connectivity index (χ0v) is 43.6. The van der Waals surface area contributed by atoms with Crippen LogP contribution in [0.15, 0.2) is 133 Å². The molecule has 1 aliphatic rings. The topological polar surface area (TPSA) is 22.2 Å². The molecule has 0 N–H and O–H groups in total. The normalized spacial score (nSPS) is 13.3. The van der Waals surface area contributed by atoms with E-state index in [-0.39, 0.29) is 5.41 Å². The lowest BCUT2D eigenvalue weighted by Gasteiger charge is -2.38. The van der Waals surface area contributed by atoms with Crippen LogP contribution in [0.3, 0.4) is 0 Å². The van der Waals surface area contributed by atoms with Crippen LogP contribution in [0, 0.1) is 0 Å². The van der Waals surface area contributed by atoms with Crippen molar-refractivity contribution in [1.82, 2.24) is 19.6 Å². The van der Waals surface area contributed by atoms with Gasteiger partial charge in [-0.25, -0.2) is 0 Å². The fraction of sp³-hybridized carbons (Fsp3) is 0.390. The van der Waals surface area contributed by atoms with Crippen molar-refractivity contribution in [3.63, 3.8) is 0 Å². The first-order valence-corrected chi connectivity index (χ1v) is 27.6. The Bertz CT molecular complexity index is 2150. The third-order valence-electron chi connectivity index (χ3n) is 14.0. The van der Waals surface area contributed by atoms with Crippen LogP contribution in [0.2, 0.25) is 0 Å². The third-order valence-corrected chi connectivity index (χ3v) is 18.9. The van der Waals surface area contributed by atoms with E-state index in [0.717, 1.165) is 90.0 Å². The minimum Gasteiger partial charge on any atom is -0.455 e. The second-order valence-electron chi connectivity index (χ2n) is 18.2. The summed E-state index contributed by atoms with van der Waals surface area (Å²) < 4.78 is 7.65. The summed E-state index contributed by atoms with van der Waals surface area (Å²) in [5.74, 6) is 2.04. The summed E-state index contributed by atoms with van der Waals surface area (Å²) in [6.45, 7) is 35.0. The highest BCUT2D eigenvalue weighted by Crippen LogP contribution is 2.52. The number of rotatable bonds is 22. The second kappa shape index (κ2) is 23.2. The van der Waals surface area contributed by atoms with Crippen molar-refractivity contribution >= 4 is 47.7 Å². The predicted octanol–water partition coefficient (Wildman–Crippen LogP) is 11.0. The number of benzene rings is 6. The number of ether oxygens (including phenoxy) is 1. The standard InChI is InChI=1S/C59H76N4OP2/c1-11-60(12-2)41-45-25-33-49(34-26-45)65(50-35-27-46(28-36-50)42-61(13-3)14-4)55-23-19-21-53-57(55)64-58-54(59(53,9)10)22-20-24-56(58)66(51-37-29-47(30-38-51)43-62(15-5)16-6)52-39-31-48(32-40-52)44-63(17-7)18-8/h19-40H,11-18,41-44H2,1-10H3. The molecular formula is C59H76N4OP2. The summed E-state index contributed by atoms with van der Waals surface area (Å²) in [6, 6.07) is 51.9. The molecule has 348 valence electrons. The van der Waals surface area contributed by atoms with Crippen LogP contribution in [0.4, 0.5) is 0 Å². The van der Waals surface area contributed by atoms with Gasteiger partial charge in [0, 0.05) is 53.3 Å². The monoisotopic (exact) mass is 919 g/mol. The first kappa shape index (κ1) is 49.7. The van der Waals surface area contributed by atoms with Gasteiger partial charge in [0.05, 0.1) is 0 Å². The van der Waals surface area contributed by atoms with Gasteiger partial charge in [-0.05, 0) is 112 Å². The highest BCUT2D eigenvalue weighted by molar-refractivity contribution is 7.80. The van der Waals surface area contributed by atoms with E-state index in [1.54, 1.807) is 0 Å². The van der Waals surface area contributed by atoms with E-state index in [1.807, 2.05) is 0 Å². The van der Waals surface area contributed by atoms with Crippen molar-refractivity contribution in [3.8, 4) is 11.5 Å². The molecule has 0 fully saturated rings. The fourth-order valence-corrected chi connectivity index (χ4v) is 14.2. The van der Waals surface area contributed by atoms with Crippen LogP contribution < -0.4 is 36.6 Å². The molecule has 0 amide bonds. The summed E-state index contributed by atoms with van der Waals surface area (Å²) in [4.78, 5) is 9.95. The largest absolute Gasteiger partial charge is 0.455 e. The average molecular weight is 919 g/mol. The number of hydrogen-bond donors (Lipinski definition) is 0. The Labute approximate surface area is 401 Å². The summed E-state index contributed by atoms with van der Waals surface area (Å²) >= 11 is 0. The van der Waals surface area contributed by atoms with Gasteiger partial charge in [-0.1, -0.05) is 203 Å². The van der Waals surface area contributed by atoms with E-state index < -0.39 is 15.8 Å². The molecule has 0 aromatic heterocycles. The lowest BCUT2D eigenvalue weighted by atomic mass is 9.76. The molecular weight excluding hydrogens is 843 g/mol. The highest BCUT2D eigenvalue weighted by Gasteiger charge is 2.39. The molecule has 0 aliphatic carbocycles. The highest BCUT2D eigenvalue weighted by atomic mass is 31.1. The van der Waals surface area contributed by atoms with Crippen LogP contribution in [0.5, 0.6) is 11.5 Å². The smallest absolute Gasteiger partial charge is 0.139 e. The Morgan fingerprint density at radius 3 is 0.818 bits per heavy atom. The summed E-state index contributed by atoms with van der Waals surface area (Å²) in [5.41, 5.74) is 7.63. The molecule has 7 rings (SSSR count). The quantitative estimate of drug-likeness (QED) is 0.0631. The zero-order valence-electron chi connectivity index (χ0n) is 41.8. The van der Waals surface area contributed by atoms with Crippen molar-refractivity contribution in [2.45, 2.75) is 101 Å². The minimum absolute atomic E-state index is 0.292. The summed E-state index contributed by atoms with van der Waals surface area (Å²) in [7, 11) is -1.93. The van der Waals surface area contributed by atoms with Gasteiger partial charge >= 0.3 is 0 Å². The summed E-state index contributed by atoms with van der Waals surface area (Å²) in [5, 5.41) is 7.92. The molecule has 0 saturated heterocycles. The van der Waals surface area contributed by atoms with E-state index >= 15 is 0 Å². The molecule has 1 aliphatic heterocycles. The number of fused-ring (bicyclic) bond motifs is 2. The first-order chi connectivity index (χ1) is 32.1. The Kier molecular flexibility index (Phi) is 17.5. The van der Waals surface area contributed by atoms with Crippen LogP contribution in [0.1, 0.15) is 103 Å². The fourth-order valence-electron chi connectivity index (χ4n) is 9.53. The van der Waals surface area contributed by atoms with E-state index in [9.17, 15) is 0 Å². The van der Waals surface area contributed by atoms with Gasteiger partial charge in [-0.2, -0.15) is 0 Å². The summed E-state index contributed by atoms with van der Waals surface area (Å²) in [6.07, 6.45) is 0. The van der Waals surface area contributed by atoms with Gasteiger partial charge in [0.25, 0.3) is 0 Å². The van der Waals surface area contributed by atoms with Crippen molar-refractivity contribution in [1.29, 1.82) is 0 Å². The Hall–Kier alpha value is -4.18. The number of nitrogens with zero attached hydrogens (tertiary/aromatic N) is 4. The van der Waals surface area contributed by atoms with E-state index in [4.69, 9.17) is 4.74 Å².